The second-order valence-corrected chi connectivity index (χ2v) is 7.63. The molecule has 3 aromatic rings. The zero-order valence-electron chi connectivity index (χ0n) is 16.2. The van der Waals surface area contributed by atoms with Crippen LogP contribution in [0.2, 0.25) is 0 Å². The minimum Gasteiger partial charge on any atom is -0.457 e. The van der Waals surface area contributed by atoms with Crippen molar-refractivity contribution in [1.29, 1.82) is 0 Å². The summed E-state index contributed by atoms with van der Waals surface area (Å²) in [4.78, 5) is 19.0. The average molecular weight is 376 g/mol. The fourth-order valence-corrected chi connectivity index (χ4v) is 3.70. The summed E-state index contributed by atoms with van der Waals surface area (Å²) < 4.78 is 7.55. The predicted molar refractivity (Wildman–Crippen MR) is 106 cm³/mol. The van der Waals surface area contributed by atoms with Crippen LogP contribution in [0, 0.1) is 0 Å². The second-order valence-electron chi connectivity index (χ2n) is 7.63. The van der Waals surface area contributed by atoms with Gasteiger partial charge in [-0.05, 0) is 50.1 Å². The number of benzene rings is 2. The van der Waals surface area contributed by atoms with Crippen molar-refractivity contribution in [2.45, 2.75) is 38.5 Å². The van der Waals surface area contributed by atoms with Gasteiger partial charge in [0.15, 0.2) is 0 Å². The van der Waals surface area contributed by atoms with E-state index in [1.165, 1.54) is 11.9 Å². The van der Waals surface area contributed by atoms with Gasteiger partial charge in [0.25, 0.3) is 0 Å². The van der Waals surface area contributed by atoms with E-state index in [1.54, 1.807) is 23.1 Å². The fraction of sp³-hybridized carbons (Fsp3) is 0.318. The molecule has 0 aliphatic carbocycles. The van der Waals surface area contributed by atoms with Crippen molar-refractivity contribution in [2.75, 3.05) is 6.54 Å². The minimum atomic E-state index is -0.287. The highest BCUT2D eigenvalue weighted by Crippen LogP contribution is 2.33. The molecule has 28 heavy (non-hydrogen) atoms. The number of likely N-dealkylation sites (tertiary alicyclic amines) is 1. The first-order chi connectivity index (χ1) is 13.5. The number of nitrogens with zero attached hydrogens (tertiary/aromatic N) is 4. The number of ether oxygens (including phenoxy) is 1. The quantitative estimate of drug-likeness (QED) is 0.638. The number of carbonyl (C=O) groups is 1. The van der Waals surface area contributed by atoms with E-state index in [-0.39, 0.29) is 17.6 Å². The lowest BCUT2D eigenvalue weighted by Gasteiger charge is -2.35. The third-order valence-corrected chi connectivity index (χ3v) is 5.52. The summed E-state index contributed by atoms with van der Waals surface area (Å²) >= 11 is 0. The number of rotatable bonds is 5. The van der Waals surface area contributed by atoms with Gasteiger partial charge in [-0.3, -0.25) is 4.90 Å². The van der Waals surface area contributed by atoms with Crippen LogP contribution in [0.3, 0.4) is 0 Å². The summed E-state index contributed by atoms with van der Waals surface area (Å²) in [7, 11) is 0. The van der Waals surface area contributed by atoms with Crippen LogP contribution in [-0.4, -0.2) is 43.8 Å². The summed E-state index contributed by atoms with van der Waals surface area (Å²) in [5, 5.41) is 4.09. The van der Waals surface area contributed by atoms with Crippen LogP contribution < -0.4 is 0 Å². The van der Waals surface area contributed by atoms with Crippen molar-refractivity contribution in [3.05, 3.63) is 78.4 Å². The van der Waals surface area contributed by atoms with E-state index in [2.05, 4.69) is 53.1 Å². The summed E-state index contributed by atoms with van der Waals surface area (Å²) in [5.41, 5.74) is 2.45. The minimum absolute atomic E-state index is 0.140. The number of hydrogen-bond donors (Lipinski definition) is 0. The number of carbonyl (C=O) groups excluding carboxylic acids is 1. The molecule has 144 valence electrons. The van der Waals surface area contributed by atoms with Crippen LogP contribution in [0.4, 0.5) is 0 Å². The first-order valence-electron chi connectivity index (χ1n) is 9.49. The third-order valence-electron chi connectivity index (χ3n) is 5.52. The average Bonchev–Trinajstić information content (AvgIpc) is 3.33. The van der Waals surface area contributed by atoms with Gasteiger partial charge in [-0.25, -0.2) is 14.5 Å². The van der Waals surface area contributed by atoms with E-state index in [4.69, 9.17) is 4.74 Å². The Hall–Kier alpha value is -2.99. The predicted octanol–water partition coefficient (Wildman–Crippen LogP) is 3.48. The Balaban J connectivity index is 1.41. The molecule has 1 aliphatic heterocycles. The largest absolute Gasteiger partial charge is 0.457 e. The van der Waals surface area contributed by atoms with Gasteiger partial charge in [-0.2, -0.15) is 5.10 Å². The SMILES string of the molecule is CC1(C)C(OC(=O)c2ccc(-n3cncn3)cc2)CCN1Cc1ccccc1. The van der Waals surface area contributed by atoms with Crippen LogP contribution in [0.25, 0.3) is 5.69 Å². The lowest BCUT2D eigenvalue weighted by molar-refractivity contribution is -0.00112. The van der Waals surface area contributed by atoms with Crippen LogP contribution in [0.15, 0.2) is 67.3 Å². The second kappa shape index (κ2) is 7.56. The van der Waals surface area contributed by atoms with Gasteiger partial charge in [0.2, 0.25) is 0 Å². The molecule has 1 saturated heterocycles. The molecule has 0 amide bonds. The first kappa shape index (κ1) is 18.4. The highest BCUT2D eigenvalue weighted by atomic mass is 16.5. The van der Waals surface area contributed by atoms with Crippen LogP contribution >= 0.6 is 0 Å². The lowest BCUT2D eigenvalue weighted by atomic mass is 9.97. The van der Waals surface area contributed by atoms with Gasteiger partial charge in [0.1, 0.15) is 18.8 Å². The molecule has 0 bridgehead atoms. The van der Waals surface area contributed by atoms with E-state index in [0.29, 0.717) is 5.56 Å². The maximum atomic E-state index is 12.7. The highest BCUT2D eigenvalue weighted by molar-refractivity contribution is 5.89. The molecule has 1 aromatic heterocycles. The molecule has 2 aromatic carbocycles. The summed E-state index contributed by atoms with van der Waals surface area (Å²) in [6, 6.07) is 17.6. The van der Waals surface area contributed by atoms with E-state index < -0.39 is 0 Å². The van der Waals surface area contributed by atoms with Crippen LogP contribution in [0.5, 0.6) is 0 Å². The van der Waals surface area contributed by atoms with E-state index in [9.17, 15) is 4.79 Å². The van der Waals surface area contributed by atoms with Crippen molar-refractivity contribution in [3.63, 3.8) is 0 Å². The third kappa shape index (κ3) is 3.68. The van der Waals surface area contributed by atoms with E-state index >= 15 is 0 Å². The Labute approximate surface area is 164 Å². The van der Waals surface area contributed by atoms with Gasteiger partial charge in [0, 0.05) is 13.1 Å². The normalized spacial score (nSPS) is 18.9. The zero-order chi connectivity index (χ0) is 19.6. The summed E-state index contributed by atoms with van der Waals surface area (Å²) in [6.07, 6.45) is 3.79. The van der Waals surface area contributed by atoms with Gasteiger partial charge >= 0.3 is 5.97 Å². The van der Waals surface area contributed by atoms with Crippen LogP contribution in [0.1, 0.15) is 36.2 Å². The topological polar surface area (TPSA) is 60.3 Å². The number of hydrogen-bond acceptors (Lipinski definition) is 5. The van der Waals surface area contributed by atoms with E-state index in [1.807, 2.05) is 18.2 Å². The fourth-order valence-electron chi connectivity index (χ4n) is 3.70. The molecule has 1 fully saturated rings. The lowest BCUT2D eigenvalue weighted by Crippen LogP contribution is -2.46. The number of esters is 1. The molecule has 1 aliphatic rings. The van der Waals surface area contributed by atoms with Crippen molar-refractivity contribution in [2.24, 2.45) is 0 Å². The Morgan fingerprint density at radius 3 is 2.57 bits per heavy atom. The van der Waals surface area contributed by atoms with Crippen molar-refractivity contribution >= 4 is 5.97 Å². The Morgan fingerprint density at radius 2 is 1.89 bits per heavy atom. The summed E-state index contributed by atoms with van der Waals surface area (Å²) in [6.45, 7) is 6.06. The maximum absolute atomic E-state index is 12.7. The Morgan fingerprint density at radius 1 is 1.14 bits per heavy atom. The Kier molecular flexibility index (Phi) is 4.96. The molecule has 4 rings (SSSR count). The first-order valence-corrected chi connectivity index (χ1v) is 9.49. The van der Waals surface area contributed by atoms with Crippen molar-refractivity contribution in [3.8, 4) is 5.69 Å². The molecule has 0 radical (unpaired) electrons. The molecule has 0 spiro atoms. The molecule has 0 N–H and O–H groups in total. The molecule has 0 saturated carbocycles. The zero-order valence-corrected chi connectivity index (χ0v) is 16.2. The summed E-state index contributed by atoms with van der Waals surface area (Å²) in [5.74, 6) is -0.287. The van der Waals surface area contributed by atoms with Gasteiger partial charge in [-0.1, -0.05) is 30.3 Å². The van der Waals surface area contributed by atoms with Crippen molar-refractivity contribution in [1.82, 2.24) is 19.7 Å². The van der Waals surface area contributed by atoms with Crippen LogP contribution in [-0.2, 0) is 11.3 Å². The molecule has 1 atom stereocenters. The molecule has 6 nitrogen and oxygen atoms in total. The van der Waals surface area contributed by atoms with Gasteiger partial charge < -0.3 is 4.74 Å². The monoisotopic (exact) mass is 376 g/mol. The Bertz CT molecular complexity index is 921. The number of aromatic nitrogens is 3. The molecule has 1 unspecified atom stereocenters. The van der Waals surface area contributed by atoms with Crippen molar-refractivity contribution < 1.29 is 9.53 Å². The van der Waals surface area contributed by atoms with Gasteiger partial charge in [-0.15, -0.1) is 0 Å². The highest BCUT2D eigenvalue weighted by Gasteiger charge is 2.43. The van der Waals surface area contributed by atoms with E-state index in [0.717, 1.165) is 25.2 Å². The molecule has 2 heterocycles. The van der Waals surface area contributed by atoms with Gasteiger partial charge in [0.05, 0.1) is 16.8 Å². The molecule has 6 heteroatoms. The standard InChI is InChI=1S/C22H24N4O2/c1-22(2)20(12-13-25(22)14-17-6-4-3-5-7-17)28-21(27)18-8-10-19(11-9-18)26-16-23-15-24-26/h3-11,15-16,20H,12-14H2,1-2H3. The molecular weight excluding hydrogens is 352 g/mol. The maximum Gasteiger partial charge on any atom is 0.338 e. The molecular formula is C22H24N4O2. The smallest absolute Gasteiger partial charge is 0.338 e.